The average Bonchev–Trinajstić information content (AvgIpc) is 3.94. The van der Waals surface area contributed by atoms with Gasteiger partial charge in [0.25, 0.3) is 0 Å². The Morgan fingerprint density at radius 1 is 0.415 bits per heavy atom. The number of hydrogen-bond acceptors (Lipinski definition) is 1. The summed E-state index contributed by atoms with van der Waals surface area (Å²) >= 11 is 1.88. The number of para-hydroxylation sites is 2. The number of hydrogen-bond donors (Lipinski definition) is 0. The van der Waals surface area contributed by atoms with Gasteiger partial charge in [-0.15, -0.1) is 11.3 Å². The third-order valence-corrected chi connectivity index (χ3v) is 13.0. The SMILES string of the molecule is Cn1c2ccccc2c2cc(-n3c4ccccc4c4cc(-c5ccc6c(c5)-c5ccccc5C6c5ccc6sc7ccccc7c6c5)ccc43)ccc21. The van der Waals surface area contributed by atoms with Crippen LogP contribution in [0.15, 0.2) is 170 Å². The molecule has 8 aromatic carbocycles. The predicted molar refractivity (Wildman–Crippen MR) is 226 cm³/mol. The van der Waals surface area contributed by atoms with Crippen molar-refractivity contribution in [2.24, 2.45) is 7.05 Å². The summed E-state index contributed by atoms with van der Waals surface area (Å²) in [6.07, 6.45) is 0. The lowest BCUT2D eigenvalue weighted by atomic mass is 9.88. The first kappa shape index (κ1) is 29.2. The fourth-order valence-electron chi connectivity index (χ4n) is 9.39. The highest BCUT2D eigenvalue weighted by molar-refractivity contribution is 7.25. The second-order valence-corrected chi connectivity index (χ2v) is 15.6. The van der Waals surface area contributed by atoms with Crippen LogP contribution in [-0.4, -0.2) is 9.13 Å². The normalized spacial score (nSPS) is 13.9. The molecule has 53 heavy (non-hydrogen) atoms. The average molecular weight is 693 g/mol. The Hall–Kier alpha value is -6.42. The number of nitrogens with zero attached hydrogens (tertiary/aromatic N) is 2. The summed E-state index contributed by atoms with van der Waals surface area (Å²) in [5.41, 5.74) is 15.4. The van der Waals surface area contributed by atoms with E-state index in [1.54, 1.807) is 0 Å². The van der Waals surface area contributed by atoms with Crippen molar-refractivity contribution in [1.82, 2.24) is 9.13 Å². The van der Waals surface area contributed by atoms with Gasteiger partial charge in [0, 0.05) is 71.4 Å². The van der Waals surface area contributed by atoms with Crippen molar-refractivity contribution < 1.29 is 0 Å². The summed E-state index contributed by atoms with van der Waals surface area (Å²) in [7, 11) is 2.16. The molecular formula is C50H32N2S. The second-order valence-electron chi connectivity index (χ2n) is 14.5. The molecule has 11 aromatic rings. The molecule has 12 rings (SSSR count). The molecule has 0 bridgehead atoms. The van der Waals surface area contributed by atoms with Crippen LogP contribution in [0.3, 0.4) is 0 Å². The largest absolute Gasteiger partial charge is 0.344 e. The van der Waals surface area contributed by atoms with E-state index in [0.717, 1.165) is 0 Å². The van der Waals surface area contributed by atoms with Crippen LogP contribution in [0.5, 0.6) is 0 Å². The summed E-state index contributed by atoms with van der Waals surface area (Å²) in [6.45, 7) is 0. The maximum atomic E-state index is 2.44. The van der Waals surface area contributed by atoms with Crippen LogP contribution >= 0.6 is 11.3 Å². The number of aryl methyl sites for hydroxylation is 1. The standard InChI is InChI=1S/C50H32N2S/c1-51-44-15-7-4-11-35(44)42-29-33(21-24-45(42)51)52-46-16-8-5-12-36(46)41-27-31(19-23-47(41)52)30-18-22-39-40(26-30)34-10-2-3-14-38(34)50(39)32-20-25-49-43(28-32)37-13-6-9-17-48(37)53-49/h2-29,50H,1H3. The molecule has 2 nitrogen and oxygen atoms in total. The smallest absolute Gasteiger partial charge is 0.0541 e. The molecule has 3 aromatic heterocycles. The highest BCUT2D eigenvalue weighted by Gasteiger charge is 2.30. The molecule has 0 amide bonds. The van der Waals surface area contributed by atoms with E-state index in [-0.39, 0.29) is 5.92 Å². The minimum Gasteiger partial charge on any atom is -0.344 e. The number of rotatable bonds is 3. The number of benzene rings is 8. The lowest BCUT2D eigenvalue weighted by Crippen LogP contribution is -1.99. The zero-order valence-corrected chi connectivity index (χ0v) is 29.9. The summed E-state index contributed by atoms with van der Waals surface area (Å²) in [6, 6.07) is 63.6. The number of fused-ring (bicyclic) bond motifs is 12. The highest BCUT2D eigenvalue weighted by atomic mass is 32.1. The zero-order valence-electron chi connectivity index (χ0n) is 29.0. The number of aromatic nitrogens is 2. The van der Waals surface area contributed by atoms with E-state index in [2.05, 4.69) is 186 Å². The molecule has 0 saturated carbocycles. The van der Waals surface area contributed by atoms with Gasteiger partial charge in [0.1, 0.15) is 0 Å². The van der Waals surface area contributed by atoms with Crippen LogP contribution in [-0.2, 0) is 7.05 Å². The van der Waals surface area contributed by atoms with Crippen molar-refractivity contribution in [1.29, 1.82) is 0 Å². The summed E-state index contributed by atoms with van der Waals surface area (Å²) in [5, 5.41) is 7.81. The van der Waals surface area contributed by atoms with Gasteiger partial charge in [-0.1, -0.05) is 103 Å². The fourth-order valence-corrected chi connectivity index (χ4v) is 10.5. The van der Waals surface area contributed by atoms with E-state index in [9.17, 15) is 0 Å². The summed E-state index contributed by atoms with van der Waals surface area (Å²) in [4.78, 5) is 0. The molecule has 248 valence electrons. The van der Waals surface area contributed by atoms with E-state index in [1.807, 2.05) is 11.3 Å². The molecule has 0 aliphatic heterocycles. The van der Waals surface area contributed by atoms with Crippen molar-refractivity contribution in [2.75, 3.05) is 0 Å². The maximum Gasteiger partial charge on any atom is 0.0541 e. The van der Waals surface area contributed by atoms with E-state index in [0.29, 0.717) is 0 Å². The Balaban J connectivity index is 1.00. The van der Waals surface area contributed by atoms with Crippen molar-refractivity contribution in [3.8, 4) is 27.9 Å². The molecule has 1 aliphatic carbocycles. The first-order valence-electron chi connectivity index (χ1n) is 18.4. The van der Waals surface area contributed by atoms with Gasteiger partial charge in [-0.25, -0.2) is 0 Å². The van der Waals surface area contributed by atoms with E-state index in [1.165, 1.54) is 108 Å². The number of thiophene rings is 1. The van der Waals surface area contributed by atoms with E-state index in [4.69, 9.17) is 0 Å². The topological polar surface area (TPSA) is 9.86 Å². The van der Waals surface area contributed by atoms with Crippen molar-refractivity contribution in [3.63, 3.8) is 0 Å². The Bertz CT molecular complexity index is 3320. The first-order valence-corrected chi connectivity index (χ1v) is 19.2. The molecule has 3 heterocycles. The van der Waals surface area contributed by atoms with Gasteiger partial charge >= 0.3 is 0 Å². The van der Waals surface area contributed by atoms with Gasteiger partial charge in [0.15, 0.2) is 0 Å². The van der Waals surface area contributed by atoms with Crippen molar-refractivity contribution in [2.45, 2.75) is 5.92 Å². The van der Waals surface area contributed by atoms with Gasteiger partial charge in [-0.3, -0.25) is 0 Å². The van der Waals surface area contributed by atoms with Crippen LogP contribution in [0.25, 0.3) is 91.7 Å². The molecule has 0 N–H and O–H groups in total. The Labute approximate surface area is 310 Å². The van der Waals surface area contributed by atoms with Gasteiger partial charge in [-0.2, -0.15) is 0 Å². The van der Waals surface area contributed by atoms with Gasteiger partial charge in [0.2, 0.25) is 0 Å². The molecule has 1 atom stereocenters. The molecular weight excluding hydrogens is 661 g/mol. The quantitative estimate of drug-likeness (QED) is 0.174. The van der Waals surface area contributed by atoms with Gasteiger partial charge in [-0.05, 0) is 106 Å². The fraction of sp³-hybridized carbons (Fsp3) is 0.0400. The molecule has 1 aliphatic rings. The predicted octanol–water partition coefficient (Wildman–Crippen LogP) is 13.6. The second kappa shape index (κ2) is 10.8. The molecule has 1 unspecified atom stereocenters. The van der Waals surface area contributed by atoms with E-state index >= 15 is 0 Å². The van der Waals surface area contributed by atoms with Gasteiger partial charge < -0.3 is 9.13 Å². The minimum absolute atomic E-state index is 0.206. The van der Waals surface area contributed by atoms with E-state index < -0.39 is 0 Å². The monoisotopic (exact) mass is 692 g/mol. The minimum atomic E-state index is 0.206. The van der Waals surface area contributed by atoms with Gasteiger partial charge in [0.05, 0.1) is 11.0 Å². The van der Waals surface area contributed by atoms with Crippen LogP contribution in [0.2, 0.25) is 0 Å². The maximum absolute atomic E-state index is 2.44. The van der Waals surface area contributed by atoms with Crippen LogP contribution in [0.1, 0.15) is 22.6 Å². The lowest BCUT2D eigenvalue weighted by Gasteiger charge is -2.15. The van der Waals surface area contributed by atoms with Crippen LogP contribution in [0.4, 0.5) is 0 Å². The summed E-state index contributed by atoms with van der Waals surface area (Å²) in [5.74, 6) is 0.206. The third-order valence-electron chi connectivity index (χ3n) is 11.8. The third kappa shape index (κ3) is 4.08. The summed E-state index contributed by atoms with van der Waals surface area (Å²) < 4.78 is 7.44. The molecule has 0 radical (unpaired) electrons. The Kier molecular flexibility index (Phi) is 5.95. The first-order chi connectivity index (χ1) is 26.2. The molecule has 3 heteroatoms. The molecule has 0 fully saturated rings. The molecule has 0 spiro atoms. The Morgan fingerprint density at radius 3 is 1.94 bits per heavy atom. The zero-order chi connectivity index (χ0) is 34.8. The van der Waals surface area contributed by atoms with Crippen molar-refractivity contribution >= 4 is 75.1 Å². The van der Waals surface area contributed by atoms with Crippen LogP contribution < -0.4 is 0 Å². The van der Waals surface area contributed by atoms with Crippen LogP contribution in [0, 0.1) is 0 Å². The Morgan fingerprint density at radius 2 is 1.04 bits per heavy atom. The lowest BCUT2D eigenvalue weighted by molar-refractivity contribution is 1.01. The van der Waals surface area contributed by atoms with Crippen molar-refractivity contribution in [3.05, 3.63) is 187 Å². The molecule has 0 saturated heterocycles. The highest BCUT2D eigenvalue weighted by Crippen LogP contribution is 2.50.